The van der Waals surface area contributed by atoms with Crippen molar-refractivity contribution >= 4 is 28.5 Å². The van der Waals surface area contributed by atoms with E-state index in [1.807, 2.05) is 43.3 Å². The number of hydrogen-bond acceptors (Lipinski definition) is 7. The number of amides is 2. The molecule has 1 aliphatic rings. The third-order valence-corrected chi connectivity index (χ3v) is 6.85. The van der Waals surface area contributed by atoms with Crippen molar-refractivity contribution in [3.63, 3.8) is 0 Å². The molecule has 0 saturated carbocycles. The van der Waals surface area contributed by atoms with Gasteiger partial charge < -0.3 is 19.5 Å². The molecular weight excluding hydrogens is 510 g/mol. The van der Waals surface area contributed by atoms with Crippen LogP contribution in [0.15, 0.2) is 72.8 Å². The number of benzene rings is 3. The minimum Gasteiger partial charge on any atom is -0.497 e. The van der Waals surface area contributed by atoms with E-state index in [1.165, 1.54) is 4.90 Å². The highest BCUT2D eigenvalue weighted by atomic mass is 16.5. The van der Waals surface area contributed by atoms with Crippen molar-refractivity contribution in [2.75, 3.05) is 31.8 Å². The second-order valence-corrected chi connectivity index (χ2v) is 9.49. The van der Waals surface area contributed by atoms with E-state index in [0.717, 1.165) is 18.4 Å². The van der Waals surface area contributed by atoms with E-state index in [4.69, 9.17) is 14.2 Å². The monoisotopic (exact) mass is 543 g/mol. The number of aromatic nitrogens is 3. The van der Waals surface area contributed by atoms with Crippen LogP contribution in [0.4, 0.5) is 5.69 Å². The van der Waals surface area contributed by atoms with Crippen LogP contribution in [0.5, 0.6) is 11.5 Å². The molecule has 1 saturated heterocycles. The molecule has 1 fully saturated rings. The minimum absolute atomic E-state index is 0.0487. The van der Waals surface area contributed by atoms with Crippen LogP contribution in [0.2, 0.25) is 0 Å². The number of para-hydroxylation sites is 1. The van der Waals surface area contributed by atoms with Gasteiger partial charge in [-0.1, -0.05) is 35.5 Å². The fraction of sp³-hybridized carbons (Fsp3) is 0.333. The lowest BCUT2D eigenvalue weighted by Crippen LogP contribution is -2.46. The molecule has 2 amide bonds. The summed E-state index contributed by atoms with van der Waals surface area (Å²) in [5.41, 5.74) is 2.55. The Morgan fingerprint density at radius 2 is 1.93 bits per heavy atom. The smallest absolute Gasteiger partial charge is 0.249 e. The normalized spacial score (nSPS) is 15.5. The largest absolute Gasteiger partial charge is 0.497 e. The van der Waals surface area contributed by atoms with Gasteiger partial charge in [-0.25, -0.2) is 4.68 Å². The Labute approximate surface area is 232 Å². The average molecular weight is 544 g/mol. The number of nitrogens with one attached hydrogen (secondary N) is 1. The predicted molar refractivity (Wildman–Crippen MR) is 150 cm³/mol. The summed E-state index contributed by atoms with van der Waals surface area (Å²) in [6.07, 6.45) is 1.79. The van der Waals surface area contributed by atoms with Gasteiger partial charge in [0.2, 0.25) is 11.8 Å². The first-order valence-corrected chi connectivity index (χ1v) is 13.4. The van der Waals surface area contributed by atoms with Gasteiger partial charge in [-0.3, -0.25) is 14.5 Å². The molecule has 0 aliphatic carbocycles. The summed E-state index contributed by atoms with van der Waals surface area (Å²) in [6.45, 7) is 3.35. The van der Waals surface area contributed by atoms with E-state index in [2.05, 4.69) is 15.6 Å². The molecule has 40 heavy (non-hydrogen) atoms. The van der Waals surface area contributed by atoms with Crippen LogP contribution in [0.25, 0.3) is 11.0 Å². The van der Waals surface area contributed by atoms with Crippen molar-refractivity contribution in [1.82, 2.24) is 20.3 Å². The van der Waals surface area contributed by atoms with Crippen LogP contribution >= 0.6 is 0 Å². The second-order valence-electron chi connectivity index (χ2n) is 9.49. The Kier molecular flexibility index (Phi) is 8.56. The SMILES string of the molecule is CCOc1ccc([C@H](C(=O)NC[C@H]2CCCO2)N(C(=O)Cn2nnc3ccccc32)c2cccc(OC)c2)cc1. The number of hydrogen-bond donors (Lipinski definition) is 1. The Bertz CT molecular complexity index is 1450. The van der Waals surface area contributed by atoms with Crippen molar-refractivity contribution in [3.8, 4) is 11.5 Å². The van der Waals surface area contributed by atoms with E-state index in [-0.39, 0.29) is 24.5 Å². The molecule has 4 aromatic rings. The maximum Gasteiger partial charge on any atom is 0.249 e. The highest BCUT2D eigenvalue weighted by molar-refractivity contribution is 6.01. The fourth-order valence-electron chi connectivity index (χ4n) is 4.88. The van der Waals surface area contributed by atoms with E-state index in [0.29, 0.717) is 48.0 Å². The Balaban J connectivity index is 1.54. The number of methoxy groups -OCH3 is 1. The van der Waals surface area contributed by atoms with Gasteiger partial charge in [-0.15, -0.1) is 5.10 Å². The van der Waals surface area contributed by atoms with Gasteiger partial charge in [0.25, 0.3) is 0 Å². The number of carbonyl (C=O) groups is 2. The number of anilines is 1. The summed E-state index contributed by atoms with van der Waals surface area (Å²) in [6, 6.07) is 20.8. The van der Waals surface area contributed by atoms with E-state index in [1.54, 1.807) is 48.2 Å². The molecule has 1 N–H and O–H groups in total. The lowest BCUT2D eigenvalue weighted by atomic mass is 10.0. The van der Waals surface area contributed by atoms with Gasteiger partial charge in [0.15, 0.2) is 0 Å². The Morgan fingerprint density at radius 1 is 1.10 bits per heavy atom. The maximum atomic E-state index is 14.2. The van der Waals surface area contributed by atoms with E-state index < -0.39 is 6.04 Å². The zero-order valence-corrected chi connectivity index (χ0v) is 22.7. The average Bonchev–Trinajstić information content (AvgIpc) is 3.66. The molecule has 10 heteroatoms. The van der Waals surface area contributed by atoms with Crippen LogP contribution < -0.4 is 19.7 Å². The third kappa shape index (κ3) is 6.07. The molecule has 0 unspecified atom stereocenters. The second kappa shape index (κ2) is 12.6. The Morgan fingerprint density at radius 3 is 2.67 bits per heavy atom. The van der Waals surface area contributed by atoms with E-state index in [9.17, 15) is 9.59 Å². The molecule has 3 aromatic carbocycles. The number of fused-ring (bicyclic) bond motifs is 1. The van der Waals surface area contributed by atoms with Crippen LogP contribution in [-0.4, -0.2) is 59.8 Å². The highest BCUT2D eigenvalue weighted by Crippen LogP contribution is 2.32. The van der Waals surface area contributed by atoms with Gasteiger partial charge in [-0.2, -0.15) is 0 Å². The highest BCUT2D eigenvalue weighted by Gasteiger charge is 2.34. The first-order valence-electron chi connectivity index (χ1n) is 13.4. The number of rotatable bonds is 11. The molecule has 5 rings (SSSR count). The molecule has 2 heterocycles. The summed E-state index contributed by atoms with van der Waals surface area (Å²) in [7, 11) is 1.56. The zero-order chi connectivity index (χ0) is 27.9. The number of ether oxygens (including phenoxy) is 3. The predicted octanol–water partition coefficient (Wildman–Crippen LogP) is 3.91. The Hall–Kier alpha value is -4.44. The van der Waals surface area contributed by atoms with Crippen LogP contribution in [0, 0.1) is 0 Å². The van der Waals surface area contributed by atoms with Gasteiger partial charge in [0.05, 0.1) is 25.3 Å². The molecule has 1 aliphatic heterocycles. The summed E-state index contributed by atoms with van der Waals surface area (Å²) in [5.74, 6) is 0.583. The minimum atomic E-state index is -0.980. The molecule has 1 aromatic heterocycles. The molecule has 2 atom stereocenters. The van der Waals surface area contributed by atoms with Crippen molar-refractivity contribution in [2.24, 2.45) is 0 Å². The van der Waals surface area contributed by atoms with Crippen LogP contribution in [-0.2, 0) is 20.9 Å². The summed E-state index contributed by atoms with van der Waals surface area (Å²) < 4.78 is 18.3. The third-order valence-electron chi connectivity index (χ3n) is 6.85. The quantitative estimate of drug-likeness (QED) is 0.306. The van der Waals surface area contributed by atoms with Gasteiger partial charge >= 0.3 is 0 Å². The van der Waals surface area contributed by atoms with Gasteiger partial charge in [0.1, 0.15) is 29.6 Å². The van der Waals surface area contributed by atoms with Gasteiger partial charge in [0, 0.05) is 24.9 Å². The summed E-state index contributed by atoms with van der Waals surface area (Å²) in [5, 5.41) is 11.4. The molecule has 0 spiro atoms. The van der Waals surface area contributed by atoms with Crippen molar-refractivity contribution in [2.45, 2.75) is 38.5 Å². The first-order chi connectivity index (χ1) is 19.6. The maximum absolute atomic E-state index is 14.2. The first kappa shape index (κ1) is 27.1. The van der Waals surface area contributed by atoms with Crippen molar-refractivity contribution in [1.29, 1.82) is 0 Å². The molecular formula is C30H33N5O5. The summed E-state index contributed by atoms with van der Waals surface area (Å²) in [4.78, 5) is 29.6. The van der Waals surface area contributed by atoms with Gasteiger partial charge in [-0.05, 0) is 61.7 Å². The summed E-state index contributed by atoms with van der Waals surface area (Å²) >= 11 is 0. The lowest BCUT2D eigenvalue weighted by Gasteiger charge is -2.32. The number of nitrogens with zero attached hydrogens (tertiary/aromatic N) is 4. The van der Waals surface area contributed by atoms with Crippen molar-refractivity contribution in [3.05, 3.63) is 78.4 Å². The van der Waals surface area contributed by atoms with Crippen molar-refractivity contribution < 1.29 is 23.8 Å². The molecule has 10 nitrogen and oxygen atoms in total. The molecule has 0 bridgehead atoms. The van der Waals surface area contributed by atoms with Crippen LogP contribution in [0.3, 0.4) is 0 Å². The fourth-order valence-corrected chi connectivity index (χ4v) is 4.88. The molecule has 208 valence electrons. The van der Waals surface area contributed by atoms with E-state index >= 15 is 0 Å². The topological polar surface area (TPSA) is 108 Å². The standard InChI is InChI=1S/C30H33N5O5/c1-3-39-23-15-13-21(14-16-23)29(30(37)31-19-25-10-7-17-40-25)35(22-8-6-9-24(18-22)38-2)28(36)20-34-27-12-5-4-11-26(27)32-33-34/h4-6,8-9,11-16,18,25,29H,3,7,10,17,19-20H2,1-2H3,(H,31,37)/t25-,29-/m1/s1. The lowest BCUT2D eigenvalue weighted by molar-refractivity contribution is -0.127. The number of carbonyl (C=O) groups excluding carboxylic acids is 2. The molecule has 0 radical (unpaired) electrons. The van der Waals surface area contributed by atoms with Crippen LogP contribution in [0.1, 0.15) is 31.4 Å². The zero-order valence-electron chi connectivity index (χ0n) is 22.7.